The number of piperazine rings is 1. The van der Waals surface area contributed by atoms with E-state index in [0.717, 1.165) is 50.5 Å². The first-order chi connectivity index (χ1) is 11.3. The van der Waals surface area contributed by atoms with Gasteiger partial charge in [-0.15, -0.1) is 10.2 Å². The first-order valence-corrected chi connectivity index (χ1v) is 8.51. The van der Waals surface area contributed by atoms with Crippen LogP contribution in [0.1, 0.15) is 32.1 Å². The van der Waals surface area contributed by atoms with Crippen molar-refractivity contribution < 1.29 is 4.79 Å². The molecule has 0 unspecified atom stereocenters. The Hall–Kier alpha value is -2.18. The number of carbonyl (C=O) groups is 1. The molecule has 1 aliphatic heterocycles. The fraction of sp³-hybridized carbons (Fsp3) is 0.625. The fourth-order valence-electron chi connectivity index (χ4n) is 3.71. The molecule has 1 amide bonds. The van der Waals surface area contributed by atoms with Crippen molar-refractivity contribution in [2.45, 2.75) is 32.1 Å². The highest BCUT2D eigenvalue weighted by Crippen LogP contribution is 2.26. The number of amides is 1. The molecule has 7 nitrogen and oxygen atoms in total. The second-order valence-corrected chi connectivity index (χ2v) is 6.46. The molecule has 23 heavy (non-hydrogen) atoms. The zero-order chi connectivity index (χ0) is 15.6. The zero-order valence-electron chi connectivity index (χ0n) is 13.3. The minimum Gasteiger partial charge on any atom is -0.350 e. The number of hydrogen-bond acceptors (Lipinski definition) is 5. The molecule has 0 N–H and O–H groups in total. The van der Waals surface area contributed by atoms with E-state index in [1.807, 2.05) is 15.5 Å². The lowest BCUT2D eigenvalue weighted by atomic mass is 9.88. The second-order valence-electron chi connectivity index (χ2n) is 6.46. The second kappa shape index (κ2) is 6.14. The average molecular weight is 314 g/mol. The SMILES string of the molecule is O=C(C1CCCCC1)N1CCN(c2nccn3cnnc23)CC1. The van der Waals surface area contributed by atoms with Crippen molar-refractivity contribution >= 4 is 17.4 Å². The van der Waals surface area contributed by atoms with Gasteiger partial charge in [-0.25, -0.2) is 4.98 Å². The summed E-state index contributed by atoms with van der Waals surface area (Å²) in [6.45, 7) is 3.15. The predicted octanol–water partition coefficient (Wildman–Crippen LogP) is 1.35. The van der Waals surface area contributed by atoms with Gasteiger partial charge in [-0.2, -0.15) is 0 Å². The van der Waals surface area contributed by atoms with Crippen LogP contribution >= 0.6 is 0 Å². The Labute approximate surface area is 135 Å². The van der Waals surface area contributed by atoms with Crippen LogP contribution in [0.4, 0.5) is 5.82 Å². The normalized spacial score (nSPS) is 20.2. The van der Waals surface area contributed by atoms with Crippen LogP contribution in [-0.2, 0) is 4.79 Å². The zero-order valence-corrected chi connectivity index (χ0v) is 13.3. The van der Waals surface area contributed by atoms with E-state index in [0.29, 0.717) is 5.91 Å². The minimum absolute atomic E-state index is 0.258. The Bertz CT molecular complexity index is 685. The van der Waals surface area contributed by atoms with Crippen molar-refractivity contribution in [1.29, 1.82) is 0 Å². The van der Waals surface area contributed by atoms with Gasteiger partial charge in [-0.05, 0) is 12.8 Å². The lowest BCUT2D eigenvalue weighted by Gasteiger charge is -2.37. The number of aromatic nitrogens is 4. The number of nitrogens with zero attached hydrogens (tertiary/aromatic N) is 6. The number of hydrogen-bond donors (Lipinski definition) is 0. The summed E-state index contributed by atoms with van der Waals surface area (Å²) < 4.78 is 1.88. The molecule has 0 bridgehead atoms. The van der Waals surface area contributed by atoms with Crippen LogP contribution in [0.15, 0.2) is 18.7 Å². The van der Waals surface area contributed by atoms with Crippen molar-refractivity contribution in [3.8, 4) is 0 Å². The van der Waals surface area contributed by atoms with Crippen LogP contribution in [-0.4, -0.2) is 56.6 Å². The van der Waals surface area contributed by atoms with Crippen molar-refractivity contribution in [3.05, 3.63) is 18.7 Å². The van der Waals surface area contributed by atoms with E-state index in [2.05, 4.69) is 20.1 Å². The van der Waals surface area contributed by atoms with Crippen molar-refractivity contribution in [2.24, 2.45) is 5.92 Å². The highest BCUT2D eigenvalue weighted by atomic mass is 16.2. The van der Waals surface area contributed by atoms with Crippen molar-refractivity contribution in [1.82, 2.24) is 24.5 Å². The molecule has 0 atom stereocenters. The van der Waals surface area contributed by atoms with Crippen LogP contribution < -0.4 is 4.90 Å². The molecule has 1 saturated carbocycles. The summed E-state index contributed by atoms with van der Waals surface area (Å²) in [5.74, 6) is 1.47. The Morgan fingerprint density at radius 1 is 1.09 bits per heavy atom. The molecule has 2 aromatic heterocycles. The summed E-state index contributed by atoms with van der Waals surface area (Å²) in [4.78, 5) is 21.3. The summed E-state index contributed by atoms with van der Waals surface area (Å²) in [6, 6.07) is 0. The molecule has 2 aromatic rings. The van der Waals surface area contributed by atoms with Gasteiger partial charge in [0.1, 0.15) is 6.33 Å². The molecule has 2 aliphatic rings. The first-order valence-electron chi connectivity index (χ1n) is 8.51. The standard InChI is InChI=1S/C16H22N6O/c23-16(13-4-2-1-3-5-13)21-10-8-20(9-11-21)14-15-19-18-12-22(15)7-6-17-14/h6-7,12-13H,1-5,8-11H2. The Balaban J connectivity index is 1.42. The molecule has 0 radical (unpaired) electrons. The molecule has 7 heteroatoms. The topological polar surface area (TPSA) is 66.6 Å². The van der Waals surface area contributed by atoms with Crippen LogP contribution in [0, 0.1) is 5.92 Å². The monoisotopic (exact) mass is 314 g/mol. The average Bonchev–Trinajstić information content (AvgIpc) is 3.11. The van der Waals surface area contributed by atoms with Gasteiger partial charge in [0.2, 0.25) is 11.6 Å². The molecule has 3 heterocycles. The Morgan fingerprint density at radius 3 is 2.65 bits per heavy atom. The summed E-state index contributed by atoms with van der Waals surface area (Å²) >= 11 is 0. The maximum atomic E-state index is 12.6. The van der Waals surface area contributed by atoms with Crippen LogP contribution in [0.25, 0.3) is 5.65 Å². The Morgan fingerprint density at radius 2 is 1.87 bits per heavy atom. The largest absolute Gasteiger partial charge is 0.350 e. The molecular formula is C16H22N6O. The molecule has 1 aliphatic carbocycles. The highest BCUT2D eigenvalue weighted by molar-refractivity contribution is 5.79. The summed E-state index contributed by atoms with van der Waals surface area (Å²) in [5, 5.41) is 8.09. The summed E-state index contributed by atoms with van der Waals surface area (Å²) in [7, 11) is 0. The molecular weight excluding hydrogens is 292 g/mol. The maximum Gasteiger partial charge on any atom is 0.225 e. The number of rotatable bonds is 2. The van der Waals surface area contributed by atoms with Crippen molar-refractivity contribution in [3.63, 3.8) is 0 Å². The third kappa shape index (κ3) is 2.75. The van der Waals surface area contributed by atoms with Gasteiger partial charge < -0.3 is 9.80 Å². The van der Waals surface area contributed by atoms with Crippen LogP contribution in [0.3, 0.4) is 0 Å². The van der Waals surface area contributed by atoms with E-state index >= 15 is 0 Å². The lowest BCUT2D eigenvalue weighted by molar-refractivity contribution is -0.136. The van der Waals surface area contributed by atoms with Gasteiger partial charge in [0.15, 0.2) is 5.82 Å². The lowest BCUT2D eigenvalue weighted by Crippen LogP contribution is -2.51. The number of fused-ring (bicyclic) bond motifs is 1. The van der Waals surface area contributed by atoms with Crippen LogP contribution in [0.2, 0.25) is 0 Å². The van der Waals surface area contributed by atoms with E-state index in [1.54, 1.807) is 12.5 Å². The maximum absolute atomic E-state index is 12.6. The third-order valence-corrected chi connectivity index (χ3v) is 5.04. The summed E-state index contributed by atoms with van der Waals surface area (Å²) in [5.41, 5.74) is 0.777. The summed E-state index contributed by atoms with van der Waals surface area (Å²) in [6.07, 6.45) is 11.1. The highest BCUT2D eigenvalue weighted by Gasteiger charge is 2.29. The van der Waals surface area contributed by atoms with Gasteiger partial charge >= 0.3 is 0 Å². The molecule has 0 spiro atoms. The van der Waals surface area contributed by atoms with Gasteiger partial charge in [-0.1, -0.05) is 19.3 Å². The molecule has 1 saturated heterocycles. The third-order valence-electron chi connectivity index (χ3n) is 5.04. The Kier molecular flexibility index (Phi) is 3.85. The molecule has 122 valence electrons. The van der Waals surface area contributed by atoms with Gasteiger partial charge in [0, 0.05) is 44.5 Å². The van der Waals surface area contributed by atoms with Gasteiger partial charge in [0.25, 0.3) is 0 Å². The smallest absolute Gasteiger partial charge is 0.225 e. The van der Waals surface area contributed by atoms with E-state index < -0.39 is 0 Å². The van der Waals surface area contributed by atoms with E-state index in [9.17, 15) is 4.79 Å². The first kappa shape index (κ1) is 14.4. The van der Waals surface area contributed by atoms with Gasteiger partial charge in [-0.3, -0.25) is 9.20 Å². The van der Waals surface area contributed by atoms with E-state index in [-0.39, 0.29) is 5.92 Å². The van der Waals surface area contributed by atoms with Gasteiger partial charge in [0.05, 0.1) is 0 Å². The van der Waals surface area contributed by atoms with Crippen LogP contribution in [0.5, 0.6) is 0 Å². The fourth-order valence-corrected chi connectivity index (χ4v) is 3.71. The van der Waals surface area contributed by atoms with Crippen molar-refractivity contribution in [2.75, 3.05) is 31.1 Å². The van der Waals surface area contributed by atoms with E-state index in [4.69, 9.17) is 0 Å². The molecule has 4 rings (SSSR count). The molecule has 2 fully saturated rings. The molecule has 0 aromatic carbocycles. The number of carbonyl (C=O) groups excluding carboxylic acids is 1. The number of anilines is 1. The minimum atomic E-state index is 0.258. The predicted molar refractivity (Wildman–Crippen MR) is 86.2 cm³/mol. The van der Waals surface area contributed by atoms with E-state index in [1.165, 1.54) is 19.3 Å². The quantitative estimate of drug-likeness (QED) is 0.837.